The molecule has 17 rings (SSSR count). The molecule has 602 valence electrons. The van der Waals surface area contributed by atoms with E-state index < -0.39 is 0 Å². The topological polar surface area (TPSA) is 0 Å². The van der Waals surface area contributed by atoms with Gasteiger partial charge in [-0.3, -0.25) is 0 Å². The van der Waals surface area contributed by atoms with Gasteiger partial charge in [0.1, 0.15) is 0 Å². The summed E-state index contributed by atoms with van der Waals surface area (Å²) >= 11 is 0. The van der Waals surface area contributed by atoms with Crippen molar-refractivity contribution in [1.82, 2.24) is 0 Å². The molecule has 0 aliphatic heterocycles. The number of aryl methyl sites for hydroxylation is 18. The SMILES string of the molecule is Cc1ccc(-c2ccc(C)cc2)cc1.Cc1ccc(-c2cccc(-c3cccc(C)c3)c2)cc1.Cc1ccc(-c2ccccc2C)cc1.Cc1ccc(C)cc1.Cc1cccc(-c2cccc(-c3ccccc3C)c2)c1.Cc1cccc(-c2cccc(C)c2)c1.Cc1cccc(C)c1.Cc1ccccc1-c1ccccc1C.Cc1ccccc1C. The van der Waals surface area contributed by atoms with Crippen LogP contribution in [0.1, 0.15) is 100 Å². The minimum absolute atomic E-state index is 1.27. The van der Waals surface area contributed by atoms with Crippen LogP contribution in [0.25, 0.3) is 89.0 Å². The third kappa shape index (κ3) is 30.0. The zero-order valence-corrected chi connectivity index (χ0v) is 74.3. The Bertz CT molecular complexity index is 5760. The minimum Gasteiger partial charge on any atom is -0.0620 e. The molecule has 0 heteroatoms. The molecule has 17 aromatic carbocycles. The first-order valence-electron chi connectivity index (χ1n) is 42.0. The van der Waals surface area contributed by atoms with Crippen LogP contribution in [0.15, 0.2) is 413 Å². The van der Waals surface area contributed by atoms with E-state index in [1.54, 1.807) is 0 Å². The van der Waals surface area contributed by atoms with Crippen molar-refractivity contribution >= 4 is 0 Å². The molecule has 0 radical (unpaired) electrons. The molecule has 0 aliphatic carbocycles. The van der Waals surface area contributed by atoms with Gasteiger partial charge < -0.3 is 0 Å². The highest BCUT2D eigenvalue weighted by Crippen LogP contribution is 2.32. The van der Waals surface area contributed by atoms with Crippen LogP contribution in [-0.4, -0.2) is 0 Å². The molecule has 0 saturated carbocycles. The summed E-state index contributed by atoms with van der Waals surface area (Å²) in [5.41, 5.74) is 44.5. The predicted molar refractivity (Wildman–Crippen MR) is 527 cm³/mol. The smallest absolute Gasteiger partial charge is 0.0152 e. The van der Waals surface area contributed by atoms with Crippen LogP contribution < -0.4 is 0 Å². The van der Waals surface area contributed by atoms with Crippen molar-refractivity contribution in [1.29, 1.82) is 0 Å². The highest BCUT2D eigenvalue weighted by atomic mass is 14.1. The van der Waals surface area contributed by atoms with Crippen molar-refractivity contribution in [2.45, 2.75) is 125 Å². The van der Waals surface area contributed by atoms with Gasteiger partial charge in [-0.2, -0.15) is 0 Å². The van der Waals surface area contributed by atoms with Gasteiger partial charge in [-0.05, 0) is 259 Å². The van der Waals surface area contributed by atoms with Gasteiger partial charge >= 0.3 is 0 Å². The Balaban J connectivity index is 0.000000156. The predicted octanol–water partition coefficient (Wildman–Crippen LogP) is 34.1. The van der Waals surface area contributed by atoms with E-state index in [1.807, 2.05) is 0 Å². The Hall–Kier alpha value is -13.3. The van der Waals surface area contributed by atoms with Crippen LogP contribution >= 0.6 is 0 Å². The molecule has 0 saturated heterocycles. The normalized spacial score (nSPS) is 10.1. The fourth-order valence-electron chi connectivity index (χ4n) is 13.7. The lowest BCUT2D eigenvalue weighted by Crippen LogP contribution is -1.85. The molecule has 0 N–H and O–H groups in total. The number of hydrogen-bond donors (Lipinski definition) is 0. The summed E-state index contributed by atoms with van der Waals surface area (Å²) in [6.45, 7) is 38.2. The maximum atomic E-state index is 2.27. The first-order valence-corrected chi connectivity index (χ1v) is 42.0. The quantitative estimate of drug-likeness (QED) is 0.142. The van der Waals surface area contributed by atoms with E-state index in [0.717, 1.165) is 0 Å². The molecule has 0 nitrogen and oxygen atoms in total. The van der Waals surface area contributed by atoms with Gasteiger partial charge in [0, 0.05) is 0 Å². The molecular weight excluding hydrogens is 1440 g/mol. The summed E-state index contributed by atoms with van der Waals surface area (Å²) < 4.78 is 0. The van der Waals surface area contributed by atoms with Crippen LogP contribution in [0.2, 0.25) is 0 Å². The summed E-state index contributed by atoms with van der Waals surface area (Å²) in [7, 11) is 0. The second-order valence-electron chi connectivity index (χ2n) is 31.8. The molecule has 0 aromatic heterocycles. The Morgan fingerprint density at radius 2 is 0.267 bits per heavy atom. The molecule has 0 heterocycles. The number of hydrogen-bond acceptors (Lipinski definition) is 0. The standard InChI is InChI=1S/2C20H18.4C14H14.3C8H10/c1-15-9-11-17(12-10-15)19-7-4-8-20(14-19)18-6-3-5-16(2)13-18;1-15-7-5-9-17(13-15)18-10-6-11-19(14-18)20-12-4-3-8-16(20)2;1-11-3-7-13(8-4-11)14-9-5-12(2)6-10-14;1-11-5-3-7-13(9-11)14-8-4-6-12(2)10-14;1-11-7-3-5-9-13(11)14-10-6-4-8-12(14)2;1-11-7-9-13(10-8-11)14-6-4-3-5-12(14)2;1-7-3-5-8(2)6-4-7;1-7-4-3-5-8(2)6-7;1-7-5-3-4-6-8(7)2/h2*3-14H,1-2H3;4*3-10H,1-2H3;3*3-6H,1-2H3. The van der Waals surface area contributed by atoms with E-state index >= 15 is 0 Å². The van der Waals surface area contributed by atoms with E-state index in [-0.39, 0.29) is 0 Å². The second kappa shape index (κ2) is 47.2. The van der Waals surface area contributed by atoms with Crippen molar-refractivity contribution in [2.75, 3.05) is 0 Å². The van der Waals surface area contributed by atoms with E-state index in [4.69, 9.17) is 0 Å². The van der Waals surface area contributed by atoms with Crippen LogP contribution in [0, 0.1) is 125 Å². The zero-order valence-electron chi connectivity index (χ0n) is 74.3. The molecule has 0 aliphatic rings. The van der Waals surface area contributed by atoms with Crippen LogP contribution in [-0.2, 0) is 0 Å². The minimum atomic E-state index is 1.27. The number of rotatable bonds is 8. The van der Waals surface area contributed by atoms with E-state index in [1.165, 1.54) is 189 Å². The van der Waals surface area contributed by atoms with Gasteiger partial charge in [-0.25, -0.2) is 0 Å². The Labute approximate surface area is 721 Å². The fraction of sp³-hybridized carbons (Fsp3) is 0.150. The van der Waals surface area contributed by atoms with Crippen LogP contribution in [0.3, 0.4) is 0 Å². The van der Waals surface area contributed by atoms with Gasteiger partial charge in [0.2, 0.25) is 0 Å². The molecule has 0 amide bonds. The second-order valence-corrected chi connectivity index (χ2v) is 31.8. The Kier molecular flexibility index (Phi) is 35.7. The van der Waals surface area contributed by atoms with Crippen molar-refractivity contribution in [3.8, 4) is 89.0 Å². The Morgan fingerprint density at radius 1 is 0.0917 bits per heavy atom. The van der Waals surface area contributed by atoms with Gasteiger partial charge in [-0.1, -0.05) is 467 Å². The van der Waals surface area contributed by atoms with Crippen molar-refractivity contribution in [3.05, 3.63) is 513 Å². The largest absolute Gasteiger partial charge is 0.0620 e. The summed E-state index contributed by atoms with van der Waals surface area (Å²) in [4.78, 5) is 0. The summed E-state index contributed by atoms with van der Waals surface area (Å²) in [5, 5.41) is 0. The lowest BCUT2D eigenvalue weighted by Gasteiger charge is -2.09. The molecular formula is C120H122. The average Bonchev–Trinajstić information content (AvgIpc) is 0.956. The maximum Gasteiger partial charge on any atom is -0.0152 e. The van der Waals surface area contributed by atoms with Gasteiger partial charge in [0.25, 0.3) is 0 Å². The fourth-order valence-corrected chi connectivity index (χ4v) is 13.7. The Morgan fingerprint density at radius 3 is 0.517 bits per heavy atom. The van der Waals surface area contributed by atoms with Crippen LogP contribution in [0.4, 0.5) is 0 Å². The maximum absolute atomic E-state index is 2.27. The first-order chi connectivity index (χ1) is 57.9. The zero-order chi connectivity index (χ0) is 85.7. The van der Waals surface area contributed by atoms with Gasteiger partial charge in [0.15, 0.2) is 0 Å². The van der Waals surface area contributed by atoms with Crippen molar-refractivity contribution < 1.29 is 0 Å². The van der Waals surface area contributed by atoms with Gasteiger partial charge in [-0.15, -0.1) is 0 Å². The monoisotopic (exact) mass is 1560 g/mol. The highest BCUT2D eigenvalue weighted by molar-refractivity contribution is 5.77. The third-order valence-electron chi connectivity index (χ3n) is 21.0. The molecule has 0 spiro atoms. The lowest BCUT2D eigenvalue weighted by molar-refractivity contribution is 1.34. The lowest BCUT2D eigenvalue weighted by atomic mass is 9.96. The highest BCUT2D eigenvalue weighted by Gasteiger charge is 2.08. The van der Waals surface area contributed by atoms with Crippen molar-refractivity contribution in [2.24, 2.45) is 0 Å². The van der Waals surface area contributed by atoms with Crippen LogP contribution in [0.5, 0.6) is 0 Å². The van der Waals surface area contributed by atoms with E-state index in [9.17, 15) is 0 Å². The molecule has 0 bridgehead atoms. The number of benzene rings is 17. The first kappa shape index (κ1) is 90.7. The third-order valence-corrected chi connectivity index (χ3v) is 21.0. The van der Waals surface area contributed by atoms with Crippen molar-refractivity contribution in [3.63, 3.8) is 0 Å². The summed E-state index contributed by atoms with van der Waals surface area (Å²) in [5.74, 6) is 0. The summed E-state index contributed by atoms with van der Waals surface area (Å²) in [6, 6.07) is 146. The van der Waals surface area contributed by atoms with E-state index in [0.29, 0.717) is 0 Å². The molecule has 120 heavy (non-hydrogen) atoms. The van der Waals surface area contributed by atoms with Gasteiger partial charge in [0.05, 0.1) is 0 Å². The average molecular weight is 1560 g/mol. The summed E-state index contributed by atoms with van der Waals surface area (Å²) in [6.07, 6.45) is 0. The van der Waals surface area contributed by atoms with E-state index in [2.05, 4.69) is 537 Å². The molecule has 17 aromatic rings. The molecule has 0 unspecified atom stereocenters. The molecule has 0 fully saturated rings. The molecule has 0 atom stereocenters.